The SMILES string of the molecule is CCN(CCCNC(=O)C1CCN(Cc2csc(C)n2)CC1)c1ccccc1. The number of piperidine rings is 1. The molecule has 0 radical (unpaired) electrons. The predicted octanol–water partition coefficient (Wildman–Crippen LogP) is 3.70. The average Bonchev–Trinajstić information content (AvgIpc) is 3.13. The van der Waals surface area contributed by atoms with Crippen LogP contribution >= 0.6 is 11.3 Å². The van der Waals surface area contributed by atoms with Gasteiger partial charge in [-0.1, -0.05) is 18.2 Å². The van der Waals surface area contributed by atoms with Crippen LogP contribution in [-0.4, -0.2) is 48.5 Å². The van der Waals surface area contributed by atoms with Crippen molar-refractivity contribution < 1.29 is 4.79 Å². The molecule has 1 aliphatic rings. The van der Waals surface area contributed by atoms with Crippen LogP contribution in [-0.2, 0) is 11.3 Å². The molecule has 6 heteroatoms. The highest BCUT2D eigenvalue weighted by Crippen LogP contribution is 2.20. The first kappa shape index (κ1) is 20.8. The van der Waals surface area contributed by atoms with E-state index in [1.807, 2.05) is 13.0 Å². The van der Waals surface area contributed by atoms with Crippen molar-refractivity contribution in [2.75, 3.05) is 37.6 Å². The van der Waals surface area contributed by atoms with Gasteiger partial charge in [-0.2, -0.15) is 0 Å². The Bertz CT molecular complexity index is 725. The lowest BCUT2D eigenvalue weighted by Gasteiger charge is -2.30. The van der Waals surface area contributed by atoms with Gasteiger partial charge in [-0.05, 0) is 58.3 Å². The van der Waals surface area contributed by atoms with Gasteiger partial charge in [0.15, 0.2) is 0 Å². The number of nitrogens with zero attached hydrogens (tertiary/aromatic N) is 3. The minimum Gasteiger partial charge on any atom is -0.372 e. The lowest BCUT2D eigenvalue weighted by molar-refractivity contribution is -0.126. The molecule has 0 saturated carbocycles. The molecule has 1 fully saturated rings. The van der Waals surface area contributed by atoms with Gasteiger partial charge in [0.2, 0.25) is 5.91 Å². The molecule has 0 atom stereocenters. The molecule has 1 aromatic heterocycles. The molecule has 0 unspecified atom stereocenters. The Hall–Kier alpha value is -1.92. The van der Waals surface area contributed by atoms with Gasteiger partial charge in [0.25, 0.3) is 0 Å². The highest BCUT2D eigenvalue weighted by molar-refractivity contribution is 7.09. The van der Waals surface area contributed by atoms with Crippen molar-refractivity contribution in [1.82, 2.24) is 15.2 Å². The normalized spacial score (nSPS) is 15.5. The molecule has 1 amide bonds. The van der Waals surface area contributed by atoms with Crippen molar-refractivity contribution in [2.45, 2.75) is 39.7 Å². The summed E-state index contributed by atoms with van der Waals surface area (Å²) in [6.07, 6.45) is 2.86. The van der Waals surface area contributed by atoms with Crippen molar-refractivity contribution in [3.05, 3.63) is 46.4 Å². The summed E-state index contributed by atoms with van der Waals surface area (Å²) >= 11 is 1.71. The van der Waals surface area contributed by atoms with E-state index in [4.69, 9.17) is 0 Å². The Morgan fingerprint density at radius 1 is 1.29 bits per heavy atom. The van der Waals surface area contributed by atoms with Crippen molar-refractivity contribution >= 4 is 22.9 Å². The second kappa shape index (κ2) is 10.6. The first-order chi connectivity index (χ1) is 13.7. The Balaban J connectivity index is 1.33. The Morgan fingerprint density at radius 3 is 2.68 bits per heavy atom. The molecule has 1 aromatic carbocycles. The maximum atomic E-state index is 12.5. The molecule has 28 heavy (non-hydrogen) atoms. The Labute approximate surface area is 172 Å². The molecular formula is C22H32N4OS. The number of hydrogen-bond donors (Lipinski definition) is 1. The van der Waals surface area contributed by atoms with Crippen LogP contribution in [0.4, 0.5) is 5.69 Å². The molecule has 1 N–H and O–H groups in total. The van der Waals surface area contributed by atoms with Crippen LogP contribution in [0, 0.1) is 12.8 Å². The van der Waals surface area contributed by atoms with Crippen LogP contribution in [0.15, 0.2) is 35.7 Å². The van der Waals surface area contributed by atoms with Gasteiger partial charge < -0.3 is 10.2 Å². The Morgan fingerprint density at radius 2 is 2.04 bits per heavy atom. The largest absolute Gasteiger partial charge is 0.372 e. The number of aryl methyl sites for hydroxylation is 1. The Kier molecular flexibility index (Phi) is 7.86. The summed E-state index contributed by atoms with van der Waals surface area (Å²) < 4.78 is 0. The van der Waals surface area contributed by atoms with E-state index < -0.39 is 0 Å². The monoisotopic (exact) mass is 400 g/mol. The maximum absolute atomic E-state index is 12.5. The third-order valence-electron chi connectivity index (χ3n) is 5.42. The van der Waals surface area contributed by atoms with E-state index in [9.17, 15) is 4.79 Å². The van der Waals surface area contributed by atoms with Gasteiger partial charge in [0.1, 0.15) is 0 Å². The number of thiazole rings is 1. The fraction of sp³-hybridized carbons (Fsp3) is 0.545. The summed E-state index contributed by atoms with van der Waals surface area (Å²) in [6, 6.07) is 10.5. The molecule has 1 aliphatic heterocycles. The number of carbonyl (C=O) groups is 1. The summed E-state index contributed by atoms with van der Waals surface area (Å²) in [7, 11) is 0. The quantitative estimate of drug-likeness (QED) is 0.652. The van der Waals surface area contributed by atoms with Gasteiger partial charge in [-0.15, -0.1) is 11.3 Å². The van der Waals surface area contributed by atoms with Gasteiger partial charge in [-0.3, -0.25) is 9.69 Å². The number of rotatable bonds is 9. The summed E-state index contributed by atoms with van der Waals surface area (Å²) in [5.41, 5.74) is 2.41. The standard InChI is InChI=1S/C22H32N4OS/c1-3-26(21-8-5-4-6-9-21)13-7-12-23-22(27)19-10-14-25(15-11-19)16-20-17-28-18(2)24-20/h4-6,8-9,17,19H,3,7,10-16H2,1-2H3,(H,23,27). The minimum atomic E-state index is 0.157. The first-order valence-corrected chi connectivity index (χ1v) is 11.2. The number of carbonyl (C=O) groups excluding carboxylic acids is 1. The zero-order valence-electron chi connectivity index (χ0n) is 17.1. The van der Waals surface area contributed by atoms with Crippen LogP contribution in [0.2, 0.25) is 0 Å². The first-order valence-electron chi connectivity index (χ1n) is 10.4. The maximum Gasteiger partial charge on any atom is 0.223 e. The van der Waals surface area contributed by atoms with Gasteiger partial charge in [0.05, 0.1) is 10.7 Å². The van der Waals surface area contributed by atoms with Crippen LogP contribution in [0.5, 0.6) is 0 Å². The fourth-order valence-electron chi connectivity index (χ4n) is 3.80. The molecule has 1 saturated heterocycles. The fourth-order valence-corrected chi connectivity index (χ4v) is 4.40. The second-order valence-corrected chi connectivity index (χ2v) is 8.53. The number of nitrogens with one attached hydrogen (secondary N) is 1. The molecule has 0 aliphatic carbocycles. The van der Waals surface area contributed by atoms with Gasteiger partial charge >= 0.3 is 0 Å². The molecule has 2 heterocycles. The average molecular weight is 401 g/mol. The third-order valence-corrected chi connectivity index (χ3v) is 6.24. The summed E-state index contributed by atoms with van der Waals surface area (Å²) in [5.74, 6) is 0.386. The number of likely N-dealkylation sites (tertiary alicyclic amines) is 1. The summed E-state index contributed by atoms with van der Waals surface area (Å²) in [4.78, 5) is 21.8. The van der Waals surface area contributed by atoms with Gasteiger partial charge in [0, 0.05) is 43.2 Å². The number of aromatic nitrogens is 1. The smallest absolute Gasteiger partial charge is 0.223 e. The highest BCUT2D eigenvalue weighted by atomic mass is 32.1. The van der Waals surface area contributed by atoms with Crippen molar-refractivity contribution in [3.8, 4) is 0 Å². The number of amides is 1. The molecule has 2 aromatic rings. The van der Waals surface area contributed by atoms with Crippen LogP contribution in [0.25, 0.3) is 0 Å². The topological polar surface area (TPSA) is 48.5 Å². The predicted molar refractivity (Wildman–Crippen MR) is 117 cm³/mol. The minimum absolute atomic E-state index is 0.157. The van der Waals surface area contributed by atoms with Gasteiger partial charge in [-0.25, -0.2) is 4.98 Å². The number of para-hydroxylation sites is 1. The molecule has 5 nitrogen and oxygen atoms in total. The molecule has 3 rings (SSSR count). The molecule has 152 valence electrons. The summed E-state index contributed by atoms with van der Waals surface area (Å²) in [6.45, 7) is 9.78. The molecule has 0 bridgehead atoms. The molecule has 0 spiro atoms. The van der Waals surface area contributed by atoms with E-state index >= 15 is 0 Å². The van der Waals surface area contributed by atoms with E-state index in [0.29, 0.717) is 0 Å². The van der Waals surface area contributed by atoms with Crippen LogP contribution in [0.3, 0.4) is 0 Å². The van der Waals surface area contributed by atoms with E-state index in [1.54, 1.807) is 11.3 Å². The third kappa shape index (κ3) is 6.04. The van der Waals surface area contributed by atoms with Crippen LogP contribution in [0.1, 0.15) is 36.9 Å². The van der Waals surface area contributed by atoms with E-state index in [0.717, 1.165) is 69.2 Å². The lowest BCUT2D eigenvalue weighted by Crippen LogP contribution is -2.41. The number of anilines is 1. The zero-order valence-corrected chi connectivity index (χ0v) is 17.9. The number of benzene rings is 1. The summed E-state index contributed by atoms with van der Waals surface area (Å²) in [5, 5.41) is 6.42. The zero-order chi connectivity index (χ0) is 19.8. The highest BCUT2D eigenvalue weighted by Gasteiger charge is 2.25. The lowest BCUT2D eigenvalue weighted by atomic mass is 9.96. The van der Waals surface area contributed by atoms with Crippen molar-refractivity contribution in [3.63, 3.8) is 0 Å². The van der Waals surface area contributed by atoms with Crippen molar-refractivity contribution in [1.29, 1.82) is 0 Å². The van der Waals surface area contributed by atoms with Crippen molar-refractivity contribution in [2.24, 2.45) is 5.92 Å². The number of hydrogen-bond acceptors (Lipinski definition) is 5. The van der Waals surface area contributed by atoms with E-state index in [-0.39, 0.29) is 11.8 Å². The van der Waals surface area contributed by atoms with E-state index in [2.05, 4.69) is 56.7 Å². The second-order valence-electron chi connectivity index (χ2n) is 7.47. The van der Waals surface area contributed by atoms with E-state index in [1.165, 1.54) is 5.69 Å². The molecular weight excluding hydrogens is 368 g/mol. The van der Waals surface area contributed by atoms with Crippen LogP contribution < -0.4 is 10.2 Å².